The Hall–Kier alpha value is -4.62. The Labute approximate surface area is 209 Å². The van der Waals surface area contributed by atoms with E-state index in [9.17, 15) is 20.0 Å². The Bertz CT molecular complexity index is 1340. The van der Waals surface area contributed by atoms with Gasteiger partial charge in [0.15, 0.2) is 5.60 Å². The van der Waals surface area contributed by atoms with E-state index in [0.29, 0.717) is 22.4 Å². The predicted octanol–water partition coefficient (Wildman–Crippen LogP) is 5.51. The van der Waals surface area contributed by atoms with Crippen molar-refractivity contribution in [1.29, 1.82) is 0 Å². The molecule has 7 heteroatoms. The monoisotopic (exact) mass is 479 g/mol. The summed E-state index contributed by atoms with van der Waals surface area (Å²) in [6.07, 6.45) is 1.43. The zero-order chi connectivity index (χ0) is 25.7. The van der Waals surface area contributed by atoms with Gasteiger partial charge in [0.1, 0.15) is 0 Å². The normalized spacial score (nSPS) is 11.4. The van der Waals surface area contributed by atoms with Crippen molar-refractivity contribution in [3.8, 4) is 0 Å². The molecule has 0 fully saturated rings. The molecule has 0 saturated heterocycles. The van der Waals surface area contributed by atoms with Crippen LogP contribution in [0.1, 0.15) is 27.8 Å². The van der Waals surface area contributed by atoms with Crippen molar-refractivity contribution in [2.45, 2.75) is 19.4 Å². The van der Waals surface area contributed by atoms with E-state index < -0.39 is 16.4 Å². The molecule has 0 unspecified atom stereocenters. The lowest BCUT2D eigenvalue weighted by Crippen LogP contribution is -2.46. The van der Waals surface area contributed by atoms with Crippen molar-refractivity contribution in [2.75, 3.05) is 5.01 Å². The van der Waals surface area contributed by atoms with Gasteiger partial charge in [-0.15, -0.1) is 0 Å². The number of carbonyl (C=O) groups is 1. The number of anilines is 1. The lowest BCUT2D eigenvalue weighted by atomic mass is 9.84. The van der Waals surface area contributed by atoms with Crippen molar-refractivity contribution in [1.82, 2.24) is 0 Å². The van der Waals surface area contributed by atoms with Crippen molar-refractivity contribution in [2.24, 2.45) is 5.10 Å². The van der Waals surface area contributed by atoms with E-state index in [1.54, 1.807) is 60.7 Å². The lowest BCUT2D eigenvalue weighted by Gasteiger charge is -2.32. The van der Waals surface area contributed by atoms with Crippen LogP contribution >= 0.6 is 0 Å². The fourth-order valence-corrected chi connectivity index (χ4v) is 3.77. The third-order valence-electron chi connectivity index (χ3n) is 5.87. The summed E-state index contributed by atoms with van der Waals surface area (Å²) in [7, 11) is 0. The number of nitro benzene ring substituents is 1. The summed E-state index contributed by atoms with van der Waals surface area (Å²) in [6.45, 7) is 3.86. The molecule has 0 aliphatic heterocycles. The predicted molar refractivity (Wildman–Crippen MR) is 140 cm³/mol. The molecule has 180 valence electrons. The third kappa shape index (κ3) is 5.06. The van der Waals surface area contributed by atoms with Crippen molar-refractivity contribution in [3.05, 3.63) is 141 Å². The number of benzene rings is 4. The highest BCUT2D eigenvalue weighted by Crippen LogP contribution is 2.34. The molecule has 36 heavy (non-hydrogen) atoms. The van der Waals surface area contributed by atoms with Gasteiger partial charge < -0.3 is 5.11 Å². The Morgan fingerprint density at radius 1 is 0.833 bits per heavy atom. The zero-order valence-electron chi connectivity index (χ0n) is 19.9. The average Bonchev–Trinajstić information content (AvgIpc) is 2.90. The minimum absolute atomic E-state index is 0.0451. The summed E-state index contributed by atoms with van der Waals surface area (Å²) >= 11 is 0. The largest absolute Gasteiger partial charge is 0.372 e. The van der Waals surface area contributed by atoms with E-state index in [1.165, 1.54) is 18.3 Å². The number of aryl methyl sites for hydroxylation is 2. The van der Waals surface area contributed by atoms with Gasteiger partial charge in [0.05, 0.1) is 16.8 Å². The first-order valence-corrected chi connectivity index (χ1v) is 11.3. The highest BCUT2D eigenvalue weighted by molar-refractivity contribution is 6.03. The summed E-state index contributed by atoms with van der Waals surface area (Å²) in [4.78, 5) is 24.7. The first-order valence-electron chi connectivity index (χ1n) is 11.3. The molecule has 4 aromatic carbocycles. The molecular weight excluding hydrogens is 454 g/mol. The molecular formula is C29H25N3O4. The maximum atomic E-state index is 14.2. The molecule has 0 spiro atoms. The first kappa shape index (κ1) is 24.5. The number of para-hydroxylation sites is 1. The number of rotatable bonds is 7. The van der Waals surface area contributed by atoms with Gasteiger partial charge in [-0.25, -0.2) is 0 Å². The van der Waals surface area contributed by atoms with E-state index in [4.69, 9.17) is 0 Å². The van der Waals surface area contributed by atoms with Crippen LogP contribution in [0.4, 0.5) is 11.4 Å². The minimum Gasteiger partial charge on any atom is -0.372 e. The Morgan fingerprint density at radius 2 is 1.33 bits per heavy atom. The molecule has 0 aromatic heterocycles. The minimum atomic E-state index is -2.02. The van der Waals surface area contributed by atoms with E-state index >= 15 is 0 Å². The SMILES string of the molecule is Cc1ccc(C(O)(C(=O)N(N=Cc2ccc([N+](=O)[O-])cc2)c2ccccc2)c2ccc(C)cc2)cc1. The number of amides is 1. The van der Waals surface area contributed by atoms with Crippen molar-refractivity contribution < 1.29 is 14.8 Å². The molecule has 0 aliphatic rings. The smallest absolute Gasteiger partial charge is 0.288 e. The zero-order valence-corrected chi connectivity index (χ0v) is 19.9. The van der Waals surface area contributed by atoms with Gasteiger partial charge in [-0.3, -0.25) is 14.9 Å². The number of hydrogen-bond donors (Lipinski definition) is 1. The Kier molecular flexibility index (Phi) is 7.03. The Balaban J connectivity index is 1.82. The molecule has 4 aromatic rings. The summed E-state index contributed by atoms with van der Waals surface area (Å²) < 4.78 is 0. The quantitative estimate of drug-likeness (QED) is 0.215. The van der Waals surface area contributed by atoms with Crippen molar-refractivity contribution >= 4 is 23.5 Å². The summed E-state index contributed by atoms with van der Waals surface area (Å²) in [5.74, 6) is -0.667. The van der Waals surface area contributed by atoms with Crippen LogP contribution in [0, 0.1) is 24.0 Å². The van der Waals surface area contributed by atoms with Gasteiger partial charge in [-0.1, -0.05) is 77.9 Å². The van der Waals surface area contributed by atoms with Crippen LogP contribution in [0.5, 0.6) is 0 Å². The van der Waals surface area contributed by atoms with Gasteiger partial charge in [0, 0.05) is 12.1 Å². The van der Waals surface area contributed by atoms with Crippen LogP contribution < -0.4 is 5.01 Å². The number of hydrazone groups is 1. The number of aliphatic hydroxyl groups is 1. The molecule has 1 N–H and O–H groups in total. The van der Waals surface area contributed by atoms with Crippen molar-refractivity contribution in [3.63, 3.8) is 0 Å². The van der Waals surface area contributed by atoms with E-state index in [2.05, 4.69) is 5.10 Å². The van der Waals surface area contributed by atoms with E-state index in [-0.39, 0.29) is 5.69 Å². The molecule has 0 bridgehead atoms. The molecule has 0 atom stereocenters. The molecule has 0 aliphatic carbocycles. The molecule has 4 rings (SSSR count). The standard InChI is InChI=1S/C29H25N3O4/c1-21-8-14-24(15-9-21)29(34,25-16-10-22(2)11-17-25)28(33)31(26-6-4-3-5-7-26)30-20-23-12-18-27(19-13-23)32(35)36/h3-20,34H,1-2H3. The van der Waals surface area contributed by atoms with Crippen LogP contribution in [-0.2, 0) is 10.4 Å². The molecule has 7 nitrogen and oxygen atoms in total. The molecule has 0 heterocycles. The number of nitrogens with zero attached hydrogens (tertiary/aromatic N) is 3. The lowest BCUT2D eigenvalue weighted by molar-refractivity contribution is -0.384. The van der Waals surface area contributed by atoms with Gasteiger partial charge in [0.25, 0.3) is 11.6 Å². The molecule has 1 amide bonds. The molecule has 0 radical (unpaired) electrons. The number of nitro groups is 1. The second-order valence-corrected chi connectivity index (χ2v) is 8.49. The van der Waals surface area contributed by atoms with Gasteiger partial charge in [-0.05, 0) is 54.8 Å². The first-order chi connectivity index (χ1) is 17.3. The summed E-state index contributed by atoms with van der Waals surface area (Å²) in [6, 6.07) is 28.9. The van der Waals surface area contributed by atoms with Gasteiger partial charge in [0.2, 0.25) is 0 Å². The Morgan fingerprint density at radius 3 is 1.81 bits per heavy atom. The van der Waals surface area contributed by atoms with Crippen LogP contribution in [0.15, 0.2) is 108 Å². The second-order valence-electron chi connectivity index (χ2n) is 8.49. The van der Waals surface area contributed by atoms with Crippen LogP contribution in [0.25, 0.3) is 0 Å². The average molecular weight is 480 g/mol. The summed E-state index contributed by atoms with van der Waals surface area (Å²) in [5.41, 5.74) is 1.76. The number of non-ortho nitro benzene ring substituents is 1. The van der Waals surface area contributed by atoms with E-state index in [1.807, 2.05) is 44.2 Å². The van der Waals surface area contributed by atoms with Crippen LogP contribution in [0.2, 0.25) is 0 Å². The number of hydrogen-bond acceptors (Lipinski definition) is 5. The number of carbonyl (C=O) groups excluding carboxylic acids is 1. The van der Waals surface area contributed by atoms with E-state index in [0.717, 1.165) is 16.1 Å². The maximum Gasteiger partial charge on any atom is 0.288 e. The maximum absolute atomic E-state index is 14.2. The van der Waals surface area contributed by atoms with Crippen LogP contribution in [-0.4, -0.2) is 22.2 Å². The fourth-order valence-electron chi connectivity index (χ4n) is 3.77. The highest BCUT2D eigenvalue weighted by Gasteiger charge is 2.43. The third-order valence-corrected chi connectivity index (χ3v) is 5.87. The van der Waals surface area contributed by atoms with Gasteiger partial charge >= 0.3 is 0 Å². The second kappa shape index (κ2) is 10.3. The van der Waals surface area contributed by atoms with Crippen LogP contribution in [0.3, 0.4) is 0 Å². The van der Waals surface area contributed by atoms with Gasteiger partial charge in [-0.2, -0.15) is 10.1 Å². The summed E-state index contributed by atoms with van der Waals surface area (Å²) in [5, 5.41) is 28.6. The molecule has 0 saturated carbocycles. The highest BCUT2D eigenvalue weighted by atomic mass is 16.6. The fraction of sp³-hybridized carbons (Fsp3) is 0.103. The topological polar surface area (TPSA) is 96.0 Å².